The van der Waals surface area contributed by atoms with Crippen LogP contribution in [0.3, 0.4) is 0 Å². The summed E-state index contributed by atoms with van der Waals surface area (Å²) >= 11 is 1.28. The predicted molar refractivity (Wildman–Crippen MR) is 156 cm³/mol. The summed E-state index contributed by atoms with van der Waals surface area (Å²) in [5, 5.41) is 37.2. The number of rotatable bonds is 10. The number of thiophene rings is 1. The molecule has 14 heteroatoms. The molecule has 4 N–H and O–H groups in total. The Labute approximate surface area is 257 Å². The topological polar surface area (TPSA) is 167 Å². The summed E-state index contributed by atoms with van der Waals surface area (Å²) in [5.41, 5.74) is 4.13. The summed E-state index contributed by atoms with van der Waals surface area (Å²) in [5.74, 6) is -1.95. The Balaban J connectivity index is 0.000000333. The maximum absolute atomic E-state index is 13.9. The van der Waals surface area contributed by atoms with Crippen LogP contribution in [-0.4, -0.2) is 90.5 Å². The number of fused-ring (bicyclic) bond motifs is 2. The summed E-state index contributed by atoms with van der Waals surface area (Å²) < 4.78 is 28.0. The Morgan fingerprint density at radius 3 is 2.55 bits per heavy atom. The third-order valence-corrected chi connectivity index (χ3v) is 9.35. The Hall–Kier alpha value is -3.27. The van der Waals surface area contributed by atoms with Crippen LogP contribution in [0, 0.1) is 18.0 Å². The van der Waals surface area contributed by atoms with Gasteiger partial charge < -0.3 is 29.9 Å². The van der Waals surface area contributed by atoms with Gasteiger partial charge in [0.2, 0.25) is 0 Å². The van der Waals surface area contributed by atoms with Gasteiger partial charge in [0.1, 0.15) is 5.60 Å². The molecule has 2 atom stereocenters. The van der Waals surface area contributed by atoms with E-state index >= 15 is 0 Å². The lowest BCUT2D eigenvalue weighted by molar-refractivity contribution is -0.165. The molecule has 1 spiro atoms. The van der Waals surface area contributed by atoms with E-state index in [0.717, 1.165) is 78.9 Å². The zero-order valence-electron chi connectivity index (χ0n) is 24.4. The minimum Gasteiger partial charge on any atom is -0.479 e. The van der Waals surface area contributed by atoms with E-state index in [1.165, 1.54) is 29.7 Å². The molecule has 1 saturated heterocycles. The molecule has 0 amide bonds. The maximum atomic E-state index is 13.9. The van der Waals surface area contributed by atoms with Crippen LogP contribution in [0.5, 0.6) is 0 Å². The number of aryl methyl sites for hydroxylation is 1. The van der Waals surface area contributed by atoms with Crippen molar-refractivity contribution in [2.45, 2.75) is 70.0 Å². The smallest absolute Gasteiger partial charge is 0.335 e. The quantitative estimate of drug-likeness (QED) is 0.259. The average Bonchev–Trinajstić information content (AvgIpc) is 3.64. The Morgan fingerprint density at radius 2 is 1.89 bits per heavy atom. The highest BCUT2D eigenvalue weighted by atomic mass is 32.1. The molecule has 5 heterocycles. The second kappa shape index (κ2) is 13.8. The number of carbonyl (C=O) groups is 2. The number of likely N-dealkylation sites (tertiary alicyclic amines) is 1. The molecule has 0 aromatic carbocycles. The predicted octanol–water partition coefficient (Wildman–Crippen LogP) is 2.64. The largest absolute Gasteiger partial charge is 0.479 e. The van der Waals surface area contributed by atoms with Gasteiger partial charge in [-0.2, -0.15) is 9.49 Å². The number of nitrogens with zero attached hydrogens (tertiary/aromatic N) is 4. The summed E-state index contributed by atoms with van der Waals surface area (Å²) in [7, 11) is 0. The molecule has 0 bridgehead atoms. The van der Waals surface area contributed by atoms with E-state index < -0.39 is 24.1 Å². The number of hydrogen-bond donors (Lipinski definition) is 4. The van der Waals surface area contributed by atoms with Crippen LogP contribution in [0.1, 0.15) is 52.9 Å². The summed E-state index contributed by atoms with van der Waals surface area (Å²) in [6, 6.07) is 5.73. The number of hydrogen-bond acceptors (Lipinski definition) is 10. The van der Waals surface area contributed by atoms with Crippen molar-refractivity contribution in [1.29, 1.82) is 0 Å². The lowest BCUT2D eigenvalue weighted by atomic mass is 9.85. The number of ether oxygens (including phenoxy) is 2. The summed E-state index contributed by atoms with van der Waals surface area (Å²) in [6.45, 7) is 6.83. The second-order valence-corrected chi connectivity index (χ2v) is 12.5. The van der Waals surface area contributed by atoms with Crippen molar-refractivity contribution in [2.24, 2.45) is 5.92 Å². The molecule has 12 nitrogen and oxygen atoms in total. The first-order valence-corrected chi connectivity index (χ1v) is 15.4. The minimum atomic E-state index is -2.27. The fourth-order valence-corrected chi connectivity index (χ4v) is 6.61. The molecule has 3 aliphatic rings. The number of carboxylic acids is 2. The van der Waals surface area contributed by atoms with Gasteiger partial charge in [-0.25, -0.2) is 19.3 Å². The van der Waals surface area contributed by atoms with E-state index in [1.54, 1.807) is 6.07 Å². The maximum Gasteiger partial charge on any atom is 0.335 e. The lowest BCUT2D eigenvalue weighted by Crippen LogP contribution is -2.45. The summed E-state index contributed by atoms with van der Waals surface area (Å²) in [6.07, 6.45) is 4.58. The normalized spacial score (nSPS) is 19.1. The van der Waals surface area contributed by atoms with Gasteiger partial charge >= 0.3 is 11.9 Å². The minimum absolute atomic E-state index is 0.0906. The van der Waals surface area contributed by atoms with Gasteiger partial charge in [-0.1, -0.05) is 6.07 Å². The van der Waals surface area contributed by atoms with E-state index in [2.05, 4.69) is 29.1 Å². The van der Waals surface area contributed by atoms with Crippen LogP contribution < -0.4 is 0 Å². The van der Waals surface area contributed by atoms with Crippen molar-refractivity contribution < 1.29 is 43.9 Å². The molecule has 3 aromatic heterocycles. The third kappa shape index (κ3) is 7.50. The molecule has 0 radical (unpaired) electrons. The van der Waals surface area contributed by atoms with Crippen LogP contribution in [-0.2, 0) is 44.2 Å². The third-order valence-electron chi connectivity index (χ3n) is 8.20. The highest BCUT2D eigenvalue weighted by molar-refractivity contribution is 7.10. The first-order valence-electron chi connectivity index (χ1n) is 14.6. The van der Waals surface area contributed by atoms with Crippen molar-refractivity contribution in [3.05, 3.63) is 63.0 Å². The van der Waals surface area contributed by atoms with E-state index in [4.69, 9.17) is 35.0 Å². The molecular formula is C30H37FN4O8S. The number of pyridine rings is 1. The molecule has 2 aliphatic heterocycles. The highest BCUT2D eigenvalue weighted by Gasteiger charge is 2.42. The van der Waals surface area contributed by atoms with Crippen LogP contribution in [0.2, 0.25) is 0 Å². The standard InChI is InChI=1S/C26H31FN4O2S.C4H6O6/c1-18-22(15-31(29-18)25-21(3-2-9-28-25)17-32-16-19-4-5-19)14-30-10-7-26(8-11-30)24-20(6-12-33-26)13-23(27)34-24;5-1(3(7)8)2(6)4(9)10/h2-3,9,13,15,19H,4-8,10-12,14,16-17H2,1H3;1-2,5-6H,(H,7,8)(H,9,10)/t;1-,2-/m.1/s1. The summed E-state index contributed by atoms with van der Waals surface area (Å²) in [4.78, 5) is 27.7. The first-order chi connectivity index (χ1) is 21.1. The van der Waals surface area contributed by atoms with Crippen LogP contribution in [0.25, 0.3) is 5.82 Å². The van der Waals surface area contributed by atoms with Crippen molar-refractivity contribution in [3.8, 4) is 5.82 Å². The highest BCUT2D eigenvalue weighted by Crippen LogP contribution is 2.45. The Morgan fingerprint density at radius 1 is 1.18 bits per heavy atom. The van der Waals surface area contributed by atoms with Crippen molar-refractivity contribution in [3.63, 3.8) is 0 Å². The van der Waals surface area contributed by atoms with Crippen LogP contribution in [0.15, 0.2) is 30.6 Å². The number of aromatic nitrogens is 3. The Kier molecular flexibility index (Phi) is 10.1. The fraction of sp³-hybridized carbons (Fsp3) is 0.533. The zero-order valence-corrected chi connectivity index (χ0v) is 25.2. The van der Waals surface area contributed by atoms with Crippen LogP contribution >= 0.6 is 11.3 Å². The van der Waals surface area contributed by atoms with E-state index in [0.29, 0.717) is 13.2 Å². The van der Waals surface area contributed by atoms with E-state index in [9.17, 15) is 14.0 Å². The second-order valence-electron chi connectivity index (χ2n) is 11.5. The number of aliphatic carboxylic acids is 2. The molecule has 238 valence electrons. The Bertz CT molecular complexity index is 1450. The zero-order chi connectivity index (χ0) is 31.4. The number of aliphatic hydroxyl groups excluding tert-OH is 2. The monoisotopic (exact) mass is 632 g/mol. The molecular weight excluding hydrogens is 595 g/mol. The molecule has 6 rings (SSSR count). The molecule has 3 aromatic rings. The van der Waals surface area contributed by atoms with Gasteiger partial charge in [-0.15, -0.1) is 11.3 Å². The first kappa shape index (κ1) is 32.1. The van der Waals surface area contributed by atoms with E-state index in [-0.39, 0.29) is 10.7 Å². The molecule has 1 saturated carbocycles. The van der Waals surface area contributed by atoms with Gasteiger partial charge in [0, 0.05) is 54.6 Å². The number of piperidine rings is 1. The molecule has 1 aliphatic carbocycles. The number of halogens is 1. The van der Waals surface area contributed by atoms with Crippen molar-refractivity contribution >= 4 is 23.3 Å². The van der Waals surface area contributed by atoms with Gasteiger partial charge in [-0.3, -0.25) is 4.90 Å². The van der Waals surface area contributed by atoms with Gasteiger partial charge in [0.15, 0.2) is 23.2 Å². The SMILES string of the molecule is Cc1nn(-c2ncccc2COCC2CC2)cc1CN1CCC2(CC1)OCCc1cc(F)sc12.O=C(O)[C@H](O)[C@@H](O)C(=O)O. The molecule has 44 heavy (non-hydrogen) atoms. The van der Waals surface area contributed by atoms with Gasteiger partial charge in [0.25, 0.3) is 0 Å². The lowest BCUT2D eigenvalue weighted by Gasteiger charge is -2.43. The fourth-order valence-electron chi connectivity index (χ4n) is 5.47. The van der Waals surface area contributed by atoms with Crippen molar-refractivity contribution in [2.75, 3.05) is 26.3 Å². The number of carboxylic acid groups (broad SMARTS) is 2. The van der Waals surface area contributed by atoms with Crippen LogP contribution in [0.4, 0.5) is 4.39 Å². The average molecular weight is 633 g/mol. The van der Waals surface area contributed by atoms with Gasteiger partial charge in [-0.05, 0) is 62.6 Å². The molecule has 2 fully saturated rings. The van der Waals surface area contributed by atoms with E-state index in [1.807, 2.05) is 16.9 Å². The van der Waals surface area contributed by atoms with Crippen molar-refractivity contribution in [1.82, 2.24) is 19.7 Å². The molecule has 0 unspecified atom stereocenters. The van der Waals surface area contributed by atoms with Gasteiger partial charge in [0.05, 0.1) is 18.9 Å². The number of aliphatic hydroxyl groups is 2.